The fraction of sp³-hybridized carbons (Fsp3) is 0.435. The molecule has 3 heterocycles. The Morgan fingerprint density at radius 3 is 2.63 bits per heavy atom. The Hall–Kier alpha value is -2.93. The smallest absolute Gasteiger partial charge is 0.250 e. The topological polar surface area (TPSA) is 63.5 Å². The quantitative estimate of drug-likeness (QED) is 0.650. The van der Waals surface area contributed by atoms with Crippen molar-refractivity contribution in [2.24, 2.45) is 7.05 Å². The molecule has 1 aliphatic carbocycles. The van der Waals surface area contributed by atoms with Crippen LogP contribution in [-0.2, 0) is 13.6 Å². The van der Waals surface area contributed by atoms with Gasteiger partial charge in [0, 0.05) is 57.7 Å². The average molecular weight is 406 g/mol. The van der Waals surface area contributed by atoms with Gasteiger partial charge in [0.1, 0.15) is 12.4 Å². The highest BCUT2D eigenvalue weighted by Crippen LogP contribution is 2.31. The highest BCUT2D eigenvalue weighted by atomic mass is 16.5. The second-order valence-electron chi connectivity index (χ2n) is 8.30. The largest absolute Gasteiger partial charge is 0.474 e. The third-order valence-electron chi connectivity index (χ3n) is 6.23. The summed E-state index contributed by atoms with van der Waals surface area (Å²) in [5.74, 6) is 0.704. The van der Waals surface area contributed by atoms with Crippen LogP contribution in [0.5, 0.6) is 5.88 Å². The van der Waals surface area contributed by atoms with Gasteiger partial charge in [-0.3, -0.25) is 9.69 Å². The fourth-order valence-electron chi connectivity index (χ4n) is 4.07. The summed E-state index contributed by atoms with van der Waals surface area (Å²) in [5, 5.41) is 0.990. The number of nitrogens with zero attached hydrogens (tertiary/aromatic N) is 5. The summed E-state index contributed by atoms with van der Waals surface area (Å²) in [6.07, 6.45) is 7.19. The lowest BCUT2D eigenvalue weighted by Crippen LogP contribution is -2.46. The Balaban J connectivity index is 1.27. The van der Waals surface area contributed by atoms with E-state index < -0.39 is 0 Å². The zero-order valence-corrected chi connectivity index (χ0v) is 17.3. The number of hydrogen-bond donors (Lipinski definition) is 0. The molecule has 0 spiro atoms. The predicted molar refractivity (Wildman–Crippen MR) is 117 cm³/mol. The zero-order chi connectivity index (χ0) is 20.5. The lowest BCUT2D eigenvalue weighted by atomic mass is 9.96. The molecule has 0 bridgehead atoms. The van der Waals surface area contributed by atoms with Crippen molar-refractivity contribution in [3.63, 3.8) is 0 Å². The fourth-order valence-corrected chi connectivity index (χ4v) is 4.07. The van der Waals surface area contributed by atoms with Crippen molar-refractivity contribution in [3.05, 3.63) is 58.8 Å². The lowest BCUT2D eigenvalue weighted by molar-refractivity contribution is 0.116. The van der Waals surface area contributed by atoms with Gasteiger partial charge in [0.15, 0.2) is 0 Å². The molecule has 7 heteroatoms. The van der Waals surface area contributed by atoms with Crippen molar-refractivity contribution in [1.82, 2.24) is 19.4 Å². The molecule has 156 valence electrons. The molecule has 0 N–H and O–H groups in total. The molecule has 30 heavy (non-hydrogen) atoms. The number of rotatable bonds is 5. The van der Waals surface area contributed by atoms with Crippen molar-refractivity contribution >= 4 is 16.6 Å². The number of benzene rings is 1. The third-order valence-corrected chi connectivity index (χ3v) is 6.23. The number of piperazine rings is 1. The van der Waals surface area contributed by atoms with Crippen LogP contribution in [0, 0.1) is 0 Å². The standard InChI is InChI=1S/C23H27N5O2/c1-26-8-7-17(13-22(26)29)15-27-9-11-28(12-10-27)18-5-6-21-20(14-18)23(25-16-24-21)30-19-3-2-4-19/h5-8,13-14,16,19H,2-4,9-12,15H2,1H3. The Morgan fingerprint density at radius 2 is 1.90 bits per heavy atom. The van der Waals surface area contributed by atoms with Gasteiger partial charge in [-0.05, 0) is 49.1 Å². The van der Waals surface area contributed by atoms with Gasteiger partial charge in [-0.1, -0.05) is 0 Å². The second kappa shape index (κ2) is 8.07. The molecule has 5 rings (SSSR count). The molecule has 2 aromatic heterocycles. The highest BCUT2D eigenvalue weighted by Gasteiger charge is 2.22. The summed E-state index contributed by atoms with van der Waals surface area (Å²) in [6, 6.07) is 10.1. The van der Waals surface area contributed by atoms with E-state index in [-0.39, 0.29) is 5.56 Å². The van der Waals surface area contributed by atoms with Gasteiger partial charge < -0.3 is 14.2 Å². The first-order chi connectivity index (χ1) is 14.7. The zero-order valence-electron chi connectivity index (χ0n) is 17.3. The predicted octanol–water partition coefficient (Wildman–Crippen LogP) is 2.58. The van der Waals surface area contributed by atoms with Gasteiger partial charge in [-0.15, -0.1) is 0 Å². The van der Waals surface area contributed by atoms with Crippen LogP contribution in [-0.4, -0.2) is 51.7 Å². The van der Waals surface area contributed by atoms with Crippen molar-refractivity contribution in [2.75, 3.05) is 31.1 Å². The van der Waals surface area contributed by atoms with Crippen LogP contribution >= 0.6 is 0 Å². The van der Waals surface area contributed by atoms with E-state index in [1.807, 2.05) is 12.3 Å². The minimum Gasteiger partial charge on any atom is -0.474 e. The number of anilines is 1. The highest BCUT2D eigenvalue weighted by molar-refractivity contribution is 5.86. The summed E-state index contributed by atoms with van der Waals surface area (Å²) in [6.45, 7) is 4.63. The van der Waals surface area contributed by atoms with E-state index in [0.29, 0.717) is 12.0 Å². The normalized spacial score (nSPS) is 17.8. The average Bonchev–Trinajstić information content (AvgIpc) is 2.74. The van der Waals surface area contributed by atoms with Gasteiger partial charge in [-0.2, -0.15) is 0 Å². The van der Waals surface area contributed by atoms with Crippen molar-refractivity contribution in [3.8, 4) is 5.88 Å². The first kappa shape index (κ1) is 19.1. The molecule has 0 atom stereocenters. The number of hydrogen-bond acceptors (Lipinski definition) is 6. The number of aromatic nitrogens is 3. The van der Waals surface area contributed by atoms with E-state index in [2.05, 4.69) is 38.0 Å². The molecule has 1 aromatic carbocycles. The van der Waals surface area contributed by atoms with Crippen LogP contribution in [0.15, 0.2) is 47.7 Å². The van der Waals surface area contributed by atoms with E-state index in [1.165, 1.54) is 12.1 Å². The van der Waals surface area contributed by atoms with Crippen LogP contribution in [0.2, 0.25) is 0 Å². The van der Waals surface area contributed by atoms with Crippen LogP contribution < -0.4 is 15.2 Å². The van der Waals surface area contributed by atoms with Gasteiger partial charge in [0.2, 0.25) is 5.88 Å². The van der Waals surface area contributed by atoms with E-state index in [4.69, 9.17) is 4.74 Å². The molecule has 7 nitrogen and oxygen atoms in total. The first-order valence-electron chi connectivity index (χ1n) is 10.7. The van der Waals surface area contributed by atoms with Crippen molar-refractivity contribution in [2.45, 2.75) is 31.9 Å². The number of ether oxygens (including phenoxy) is 1. The van der Waals surface area contributed by atoms with Crippen LogP contribution in [0.3, 0.4) is 0 Å². The Labute approximate surface area is 175 Å². The van der Waals surface area contributed by atoms with E-state index >= 15 is 0 Å². The van der Waals surface area contributed by atoms with E-state index in [1.54, 1.807) is 24.0 Å². The molecule has 2 fully saturated rings. The van der Waals surface area contributed by atoms with Crippen LogP contribution in [0.4, 0.5) is 5.69 Å². The number of fused-ring (bicyclic) bond motifs is 1. The second-order valence-corrected chi connectivity index (χ2v) is 8.30. The molecular weight excluding hydrogens is 378 g/mol. The molecule has 0 radical (unpaired) electrons. The van der Waals surface area contributed by atoms with Crippen molar-refractivity contribution < 1.29 is 4.74 Å². The van der Waals surface area contributed by atoms with Gasteiger partial charge >= 0.3 is 0 Å². The van der Waals surface area contributed by atoms with Crippen LogP contribution in [0.1, 0.15) is 24.8 Å². The molecule has 3 aromatic rings. The lowest BCUT2D eigenvalue weighted by Gasteiger charge is -2.36. The molecule has 0 amide bonds. The summed E-state index contributed by atoms with van der Waals surface area (Å²) < 4.78 is 7.71. The Kier molecular flexibility index (Phi) is 5.12. The Morgan fingerprint density at radius 1 is 1.07 bits per heavy atom. The van der Waals surface area contributed by atoms with Crippen molar-refractivity contribution in [1.29, 1.82) is 0 Å². The molecule has 1 aliphatic heterocycles. The summed E-state index contributed by atoms with van der Waals surface area (Å²) in [5.41, 5.74) is 3.23. The molecular formula is C23H27N5O2. The summed E-state index contributed by atoms with van der Waals surface area (Å²) in [7, 11) is 1.78. The van der Waals surface area contributed by atoms with Gasteiger partial charge in [0.05, 0.1) is 10.9 Å². The van der Waals surface area contributed by atoms with E-state index in [9.17, 15) is 4.79 Å². The van der Waals surface area contributed by atoms with Gasteiger partial charge in [0.25, 0.3) is 5.56 Å². The molecule has 0 unspecified atom stereocenters. The third kappa shape index (κ3) is 3.89. The number of pyridine rings is 1. The minimum atomic E-state index is 0.0458. The first-order valence-corrected chi connectivity index (χ1v) is 10.7. The summed E-state index contributed by atoms with van der Waals surface area (Å²) >= 11 is 0. The van der Waals surface area contributed by atoms with Gasteiger partial charge in [-0.25, -0.2) is 9.97 Å². The van der Waals surface area contributed by atoms with E-state index in [0.717, 1.165) is 62.0 Å². The Bertz CT molecular complexity index is 1100. The molecule has 2 aliphatic rings. The maximum atomic E-state index is 11.9. The molecule has 1 saturated carbocycles. The SMILES string of the molecule is Cn1ccc(CN2CCN(c3ccc4ncnc(OC5CCC5)c4c3)CC2)cc1=O. The molecule has 1 saturated heterocycles. The maximum Gasteiger partial charge on any atom is 0.250 e. The summed E-state index contributed by atoms with van der Waals surface area (Å²) in [4.78, 5) is 25.5. The maximum absolute atomic E-state index is 11.9. The number of aryl methyl sites for hydroxylation is 1. The minimum absolute atomic E-state index is 0.0458. The monoisotopic (exact) mass is 405 g/mol. The van der Waals surface area contributed by atoms with Crippen LogP contribution in [0.25, 0.3) is 10.9 Å².